The van der Waals surface area contributed by atoms with Crippen molar-refractivity contribution in [3.8, 4) is 5.75 Å². The number of halogens is 3. The van der Waals surface area contributed by atoms with Crippen molar-refractivity contribution in [1.29, 1.82) is 0 Å². The van der Waals surface area contributed by atoms with E-state index in [1.807, 2.05) is 4.72 Å². The molecular weight excluding hydrogens is 415 g/mol. The Hall–Kier alpha value is -2.19. The third kappa shape index (κ3) is 4.95. The first kappa shape index (κ1) is 21.1. The van der Waals surface area contributed by atoms with Gasteiger partial charge in [-0.2, -0.15) is 4.31 Å². The van der Waals surface area contributed by atoms with Crippen molar-refractivity contribution in [2.45, 2.75) is 17.3 Å². The Labute approximate surface area is 157 Å². The van der Waals surface area contributed by atoms with Crippen LogP contribution in [-0.2, 0) is 14.8 Å². The van der Waals surface area contributed by atoms with Gasteiger partial charge >= 0.3 is 18.4 Å². The number of carbonyl (C=O) groups excluding carboxylic acids is 1. The summed E-state index contributed by atoms with van der Waals surface area (Å²) >= 11 is 3.57. The molecule has 0 bridgehead atoms. The smallest absolute Gasteiger partial charge is 0.480 e. The summed E-state index contributed by atoms with van der Waals surface area (Å²) < 4.78 is 68.3. The highest BCUT2D eigenvalue weighted by Gasteiger charge is 2.41. The molecule has 0 aromatic heterocycles. The molecule has 1 saturated heterocycles. The maximum atomic E-state index is 12.7. The number of alkyl halides is 3. The van der Waals surface area contributed by atoms with Crippen LogP contribution in [0.25, 0.3) is 0 Å². The molecule has 0 aliphatic carbocycles. The molecular formula is C13H14F3N3O6S2. The number of carboxylic acid groups (broad SMARTS) is 1. The van der Waals surface area contributed by atoms with Crippen molar-refractivity contribution in [3.05, 3.63) is 24.3 Å². The molecule has 1 aliphatic heterocycles. The molecule has 1 atom stereocenters. The van der Waals surface area contributed by atoms with Crippen molar-refractivity contribution in [3.63, 3.8) is 0 Å². The van der Waals surface area contributed by atoms with Gasteiger partial charge in [-0.25, -0.2) is 13.2 Å². The number of thiol groups is 1. The van der Waals surface area contributed by atoms with Crippen molar-refractivity contribution >= 4 is 34.8 Å². The van der Waals surface area contributed by atoms with Crippen LogP contribution < -0.4 is 9.46 Å². The fraction of sp³-hybridized carbons (Fsp3) is 0.385. The van der Waals surface area contributed by atoms with Gasteiger partial charge in [0.25, 0.3) is 0 Å². The normalized spacial score (nSPS) is 18.8. The third-order valence-corrected chi connectivity index (χ3v) is 5.78. The number of piperazine rings is 1. The number of ether oxygens (including phenoxy) is 1. The maximum Gasteiger partial charge on any atom is 0.573 e. The molecule has 0 unspecified atom stereocenters. The number of carbonyl (C=O) groups is 2. The van der Waals surface area contributed by atoms with Gasteiger partial charge in [0.1, 0.15) is 11.8 Å². The standard InChI is InChI=1S/C13H14F3N3O6S2/c14-13(15,16)25-8-1-3-9(4-2-8)27(23,24)19-6-5-18(12(22)17-26)7-10(19)11(20)21/h1-4,10,26H,5-7H2,(H,17,22)(H,20,21)/t10-/m1/s1. The minimum Gasteiger partial charge on any atom is -0.480 e. The molecule has 150 valence electrons. The second kappa shape index (κ2) is 7.82. The highest BCUT2D eigenvalue weighted by Crippen LogP contribution is 2.26. The van der Waals surface area contributed by atoms with Gasteiger partial charge in [0, 0.05) is 19.6 Å². The molecule has 0 saturated carbocycles. The first-order chi connectivity index (χ1) is 12.5. The van der Waals surface area contributed by atoms with Crippen LogP contribution >= 0.6 is 12.8 Å². The number of carboxylic acids is 1. The fourth-order valence-corrected chi connectivity index (χ4v) is 4.17. The molecule has 0 spiro atoms. The number of amides is 2. The number of hydrogen-bond acceptors (Lipinski definition) is 6. The monoisotopic (exact) mass is 429 g/mol. The maximum absolute atomic E-state index is 12.7. The lowest BCUT2D eigenvalue weighted by Crippen LogP contribution is -2.60. The highest BCUT2D eigenvalue weighted by atomic mass is 32.2. The second-order valence-electron chi connectivity index (χ2n) is 5.35. The molecule has 1 aromatic carbocycles. The van der Waals surface area contributed by atoms with Gasteiger partial charge in [0.2, 0.25) is 10.0 Å². The van der Waals surface area contributed by atoms with E-state index < -0.39 is 51.6 Å². The average Bonchev–Trinajstić information content (AvgIpc) is 2.59. The van der Waals surface area contributed by atoms with Crippen molar-refractivity contribution in [1.82, 2.24) is 13.9 Å². The zero-order valence-electron chi connectivity index (χ0n) is 13.4. The molecule has 9 nitrogen and oxygen atoms in total. The van der Waals surface area contributed by atoms with Crippen LogP contribution in [0.1, 0.15) is 0 Å². The minimum atomic E-state index is -4.93. The number of rotatable bonds is 4. The highest BCUT2D eigenvalue weighted by molar-refractivity contribution is 7.89. The molecule has 2 rings (SSSR count). The molecule has 1 fully saturated rings. The third-order valence-electron chi connectivity index (χ3n) is 3.66. The van der Waals surface area contributed by atoms with Gasteiger partial charge in [-0.05, 0) is 24.3 Å². The summed E-state index contributed by atoms with van der Waals surface area (Å²) in [6, 6.07) is 1.11. The van der Waals surface area contributed by atoms with Crippen LogP contribution in [0, 0.1) is 0 Å². The molecule has 14 heteroatoms. The van der Waals surface area contributed by atoms with Gasteiger partial charge < -0.3 is 14.7 Å². The van der Waals surface area contributed by atoms with Crippen LogP contribution in [0.3, 0.4) is 0 Å². The summed E-state index contributed by atoms with van der Waals surface area (Å²) in [7, 11) is -4.33. The first-order valence-electron chi connectivity index (χ1n) is 7.25. The van der Waals surface area contributed by atoms with Gasteiger partial charge in [0.05, 0.1) is 4.90 Å². The van der Waals surface area contributed by atoms with Crippen LogP contribution in [0.2, 0.25) is 0 Å². The van der Waals surface area contributed by atoms with Crippen LogP contribution in [-0.4, -0.2) is 66.8 Å². The number of urea groups is 1. The quantitative estimate of drug-likeness (QED) is 0.613. The molecule has 2 N–H and O–H groups in total. The van der Waals surface area contributed by atoms with E-state index in [9.17, 15) is 36.3 Å². The Morgan fingerprint density at radius 3 is 2.30 bits per heavy atom. The lowest BCUT2D eigenvalue weighted by Gasteiger charge is -2.37. The Morgan fingerprint density at radius 2 is 1.81 bits per heavy atom. The van der Waals surface area contributed by atoms with Crippen LogP contribution in [0.5, 0.6) is 5.75 Å². The molecule has 27 heavy (non-hydrogen) atoms. The van der Waals surface area contributed by atoms with Gasteiger partial charge in [-0.1, -0.05) is 12.8 Å². The lowest BCUT2D eigenvalue weighted by molar-refractivity contribution is -0.274. The molecule has 1 aliphatic rings. The van der Waals surface area contributed by atoms with E-state index in [-0.39, 0.29) is 13.1 Å². The van der Waals surface area contributed by atoms with Crippen molar-refractivity contribution in [2.24, 2.45) is 0 Å². The van der Waals surface area contributed by atoms with E-state index in [0.29, 0.717) is 4.31 Å². The van der Waals surface area contributed by atoms with E-state index in [1.54, 1.807) is 0 Å². The van der Waals surface area contributed by atoms with Crippen molar-refractivity contribution < 1.29 is 41.0 Å². The number of hydrogen-bond donors (Lipinski definition) is 3. The number of nitrogens with zero attached hydrogens (tertiary/aromatic N) is 2. The Bertz CT molecular complexity index is 816. The Balaban J connectivity index is 2.26. The van der Waals surface area contributed by atoms with E-state index in [4.69, 9.17) is 0 Å². The van der Waals surface area contributed by atoms with Crippen molar-refractivity contribution in [2.75, 3.05) is 19.6 Å². The predicted octanol–water partition coefficient (Wildman–Crippen LogP) is 0.899. The fourth-order valence-electron chi connectivity index (χ4n) is 2.46. The molecule has 0 radical (unpaired) electrons. The molecule has 1 heterocycles. The van der Waals surface area contributed by atoms with E-state index in [1.165, 1.54) is 0 Å². The minimum absolute atomic E-state index is 0.0926. The largest absolute Gasteiger partial charge is 0.573 e. The SMILES string of the molecule is O=C(O)[C@H]1CN(C(=O)NS)CCN1S(=O)(=O)c1ccc(OC(F)(F)F)cc1. The Morgan fingerprint density at radius 1 is 1.22 bits per heavy atom. The van der Waals surface area contributed by atoms with E-state index >= 15 is 0 Å². The summed E-state index contributed by atoms with van der Waals surface area (Å²) in [5, 5.41) is 9.33. The van der Waals surface area contributed by atoms with Crippen LogP contribution in [0.4, 0.5) is 18.0 Å². The van der Waals surface area contributed by atoms with Gasteiger partial charge in [0.15, 0.2) is 0 Å². The predicted molar refractivity (Wildman–Crippen MR) is 87.5 cm³/mol. The van der Waals surface area contributed by atoms with Gasteiger partial charge in [-0.15, -0.1) is 13.2 Å². The summed E-state index contributed by atoms with van der Waals surface area (Å²) in [5.41, 5.74) is 0. The van der Waals surface area contributed by atoms with E-state index in [0.717, 1.165) is 29.2 Å². The lowest BCUT2D eigenvalue weighted by atomic mass is 10.2. The average molecular weight is 429 g/mol. The molecule has 1 aromatic rings. The van der Waals surface area contributed by atoms with E-state index in [2.05, 4.69) is 17.6 Å². The summed E-state index contributed by atoms with van der Waals surface area (Å²) in [5.74, 6) is -2.10. The molecule has 2 amide bonds. The van der Waals surface area contributed by atoms with Crippen LogP contribution in [0.15, 0.2) is 29.2 Å². The topological polar surface area (TPSA) is 116 Å². The Kier molecular flexibility index (Phi) is 6.11. The zero-order chi connectivity index (χ0) is 20.4. The number of nitrogens with one attached hydrogen (secondary N) is 1. The number of aliphatic carboxylic acids is 1. The number of sulfonamides is 1. The zero-order valence-corrected chi connectivity index (χ0v) is 15.1. The summed E-state index contributed by atoms with van der Waals surface area (Å²) in [6.45, 7) is -0.831. The van der Waals surface area contributed by atoms with Gasteiger partial charge in [-0.3, -0.25) is 9.52 Å². The first-order valence-corrected chi connectivity index (χ1v) is 9.14. The number of benzene rings is 1. The summed E-state index contributed by atoms with van der Waals surface area (Å²) in [6.07, 6.45) is -4.93. The second-order valence-corrected chi connectivity index (χ2v) is 7.47. The summed E-state index contributed by atoms with van der Waals surface area (Å²) in [4.78, 5) is 23.7.